The van der Waals surface area contributed by atoms with Crippen LogP contribution in [0.15, 0.2) is 18.2 Å². The second-order valence-corrected chi connectivity index (χ2v) is 5.16. The minimum absolute atomic E-state index is 0.0295. The van der Waals surface area contributed by atoms with Gasteiger partial charge in [0.05, 0.1) is 17.2 Å². The molecule has 0 unspecified atom stereocenters. The topological polar surface area (TPSA) is 38.3 Å². The first-order valence-electron chi connectivity index (χ1n) is 6.13. The Morgan fingerprint density at radius 1 is 1.05 bits per heavy atom. The fourth-order valence-corrected chi connectivity index (χ4v) is 2.18. The molecule has 1 amide bonds. The Labute approximate surface area is 121 Å². The molecule has 9 heteroatoms. The van der Waals surface area contributed by atoms with E-state index >= 15 is 0 Å². The predicted octanol–water partition coefficient (Wildman–Crippen LogP) is 4.07. The number of hydrogen-bond acceptors (Lipinski definition) is 2. The highest BCUT2D eigenvalue weighted by Crippen LogP contribution is 2.41. The fraction of sp³-hybridized carbons (Fsp3) is 0.462. The van der Waals surface area contributed by atoms with E-state index in [1.807, 2.05) is 0 Å². The lowest BCUT2D eigenvalue weighted by Gasteiger charge is -2.28. The number of alkyl carbamates (subject to hydrolysis) is 1. The molecule has 1 saturated heterocycles. The van der Waals surface area contributed by atoms with Crippen LogP contribution in [0.4, 0.5) is 31.1 Å². The summed E-state index contributed by atoms with van der Waals surface area (Å²) in [4.78, 5) is 11.2. The molecular weight excluding hydrogens is 316 g/mol. The zero-order chi connectivity index (χ0) is 16.9. The quantitative estimate of drug-likeness (QED) is 0.790. The Bertz CT molecular complexity index is 577. The molecule has 3 nitrogen and oxygen atoms in total. The van der Waals surface area contributed by atoms with Crippen molar-refractivity contribution in [3.05, 3.63) is 34.9 Å². The van der Waals surface area contributed by atoms with Crippen molar-refractivity contribution in [3.8, 4) is 0 Å². The van der Waals surface area contributed by atoms with Gasteiger partial charge in [0, 0.05) is 0 Å². The van der Waals surface area contributed by atoms with Crippen molar-refractivity contribution in [2.45, 2.75) is 37.8 Å². The van der Waals surface area contributed by atoms with E-state index in [2.05, 4.69) is 5.32 Å². The summed E-state index contributed by atoms with van der Waals surface area (Å²) in [7, 11) is 0. The van der Waals surface area contributed by atoms with Gasteiger partial charge in [-0.1, -0.05) is 0 Å². The average molecular weight is 327 g/mol. The maximum Gasteiger partial charge on any atom is 0.416 e. The minimum atomic E-state index is -4.95. The summed E-state index contributed by atoms with van der Waals surface area (Å²) in [5, 5.41) is 2.30. The van der Waals surface area contributed by atoms with Crippen molar-refractivity contribution in [1.29, 1.82) is 0 Å². The lowest BCUT2D eigenvalue weighted by atomic mass is 9.87. The molecule has 2 rings (SSSR count). The maximum atomic E-state index is 12.8. The summed E-state index contributed by atoms with van der Waals surface area (Å²) < 4.78 is 81.9. The monoisotopic (exact) mass is 327 g/mol. The molecule has 1 N–H and O–H groups in total. The molecule has 122 valence electrons. The summed E-state index contributed by atoms with van der Waals surface area (Å²) >= 11 is 0. The van der Waals surface area contributed by atoms with Crippen LogP contribution in [0.3, 0.4) is 0 Å². The van der Waals surface area contributed by atoms with E-state index in [-0.39, 0.29) is 11.6 Å². The van der Waals surface area contributed by atoms with Crippen LogP contribution in [-0.4, -0.2) is 12.1 Å². The van der Waals surface area contributed by atoms with E-state index in [1.165, 1.54) is 13.8 Å². The molecular formula is C13H11F6NO2. The third-order valence-corrected chi connectivity index (χ3v) is 3.63. The normalized spacial score (nSPS) is 25.8. The van der Waals surface area contributed by atoms with Gasteiger partial charge in [-0.25, -0.2) is 4.79 Å². The van der Waals surface area contributed by atoms with Crippen LogP contribution < -0.4 is 5.32 Å². The van der Waals surface area contributed by atoms with E-state index in [1.54, 1.807) is 0 Å². The standard InChI is InChI=1S/C13H11F6NO2/c1-6-11(2,22-10(21)20-6)7-3-8(12(14,15)16)5-9(4-7)13(17,18)19/h3-6H,1-2H3,(H,20,21)/t6-,11-/m0/s1. The van der Waals surface area contributed by atoms with E-state index < -0.39 is 41.2 Å². The van der Waals surface area contributed by atoms with Crippen molar-refractivity contribution >= 4 is 6.09 Å². The fourth-order valence-electron chi connectivity index (χ4n) is 2.18. The first-order valence-corrected chi connectivity index (χ1v) is 6.13. The maximum absolute atomic E-state index is 12.8. The van der Waals surface area contributed by atoms with E-state index in [4.69, 9.17) is 4.74 Å². The third-order valence-electron chi connectivity index (χ3n) is 3.63. The Hall–Kier alpha value is -1.93. The summed E-state index contributed by atoms with van der Waals surface area (Å²) in [5.74, 6) is 0. The van der Waals surface area contributed by atoms with Crippen LogP contribution in [0.25, 0.3) is 0 Å². The SMILES string of the molecule is C[C@@H]1NC(=O)O[C@]1(C)c1cc(C(F)(F)F)cc(C(F)(F)F)c1. The van der Waals surface area contributed by atoms with Crippen LogP contribution in [0.1, 0.15) is 30.5 Å². The predicted molar refractivity (Wildman–Crippen MR) is 62.9 cm³/mol. The number of carbonyl (C=O) groups excluding carboxylic acids is 1. The van der Waals surface area contributed by atoms with Crippen LogP contribution in [0, 0.1) is 0 Å². The van der Waals surface area contributed by atoms with Gasteiger partial charge in [0.25, 0.3) is 0 Å². The minimum Gasteiger partial charge on any atom is -0.436 e. The largest absolute Gasteiger partial charge is 0.436 e. The van der Waals surface area contributed by atoms with Gasteiger partial charge in [0.2, 0.25) is 0 Å². The summed E-state index contributed by atoms with van der Waals surface area (Å²) in [6.07, 6.45) is -10.8. The Kier molecular flexibility index (Phi) is 3.58. The Morgan fingerprint density at radius 3 is 1.82 bits per heavy atom. The summed E-state index contributed by atoms with van der Waals surface area (Å²) in [5.41, 5.74) is -4.90. The molecule has 1 aromatic carbocycles. The number of benzene rings is 1. The van der Waals surface area contributed by atoms with Crippen molar-refractivity contribution < 1.29 is 35.9 Å². The van der Waals surface area contributed by atoms with Gasteiger partial charge >= 0.3 is 18.4 Å². The van der Waals surface area contributed by atoms with Crippen LogP contribution in [-0.2, 0) is 22.7 Å². The molecule has 0 bridgehead atoms. The van der Waals surface area contributed by atoms with Crippen molar-refractivity contribution in [3.63, 3.8) is 0 Å². The van der Waals surface area contributed by atoms with Gasteiger partial charge in [-0.2, -0.15) is 26.3 Å². The molecule has 1 aliphatic rings. The van der Waals surface area contributed by atoms with E-state index in [0.717, 1.165) is 0 Å². The summed E-state index contributed by atoms with van der Waals surface area (Å²) in [6.45, 7) is 2.68. The second kappa shape index (κ2) is 4.79. The second-order valence-electron chi connectivity index (χ2n) is 5.16. The molecule has 1 aliphatic heterocycles. The molecule has 0 aliphatic carbocycles. The zero-order valence-corrected chi connectivity index (χ0v) is 11.4. The number of nitrogens with one attached hydrogen (secondary N) is 1. The van der Waals surface area contributed by atoms with Crippen molar-refractivity contribution in [2.75, 3.05) is 0 Å². The smallest absolute Gasteiger partial charge is 0.416 e. The molecule has 0 aromatic heterocycles. The number of carbonyl (C=O) groups is 1. The van der Waals surface area contributed by atoms with Crippen LogP contribution >= 0.6 is 0 Å². The van der Waals surface area contributed by atoms with Gasteiger partial charge in [-0.05, 0) is 37.6 Å². The van der Waals surface area contributed by atoms with Gasteiger partial charge in [-0.3, -0.25) is 0 Å². The van der Waals surface area contributed by atoms with Gasteiger partial charge in [0.15, 0.2) is 5.60 Å². The highest BCUT2D eigenvalue weighted by atomic mass is 19.4. The lowest BCUT2D eigenvalue weighted by molar-refractivity contribution is -0.143. The molecule has 22 heavy (non-hydrogen) atoms. The number of rotatable bonds is 1. The molecule has 1 aromatic rings. The number of hydrogen-bond donors (Lipinski definition) is 1. The number of alkyl halides is 6. The van der Waals surface area contributed by atoms with Gasteiger partial charge < -0.3 is 10.1 Å². The zero-order valence-electron chi connectivity index (χ0n) is 11.4. The molecule has 0 radical (unpaired) electrons. The lowest BCUT2D eigenvalue weighted by Crippen LogP contribution is -2.36. The van der Waals surface area contributed by atoms with E-state index in [9.17, 15) is 31.1 Å². The van der Waals surface area contributed by atoms with Gasteiger partial charge in [-0.15, -0.1) is 0 Å². The molecule has 1 fully saturated rings. The number of halogens is 6. The summed E-state index contributed by atoms with van der Waals surface area (Å²) in [6, 6.07) is 0.365. The van der Waals surface area contributed by atoms with Gasteiger partial charge in [0.1, 0.15) is 0 Å². The molecule has 1 heterocycles. The van der Waals surface area contributed by atoms with E-state index in [0.29, 0.717) is 12.1 Å². The highest BCUT2D eigenvalue weighted by molar-refractivity contribution is 5.71. The van der Waals surface area contributed by atoms with Crippen molar-refractivity contribution in [2.24, 2.45) is 0 Å². The number of cyclic esters (lactones) is 1. The van der Waals surface area contributed by atoms with Crippen molar-refractivity contribution in [1.82, 2.24) is 5.32 Å². The average Bonchev–Trinajstić information content (AvgIpc) is 2.61. The number of amides is 1. The number of ether oxygens (including phenoxy) is 1. The first kappa shape index (κ1) is 16.4. The molecule has 2 atom stereocenters. The van der Waals surface area contributed by atoms with Crippen LogP contribution in [0.5, 0.6) is 0 Å². The molecule has 0 spiro atoms. The highest BCUT2D eigenvalue weighted by Gasteiger charge is 2.46. The molecule has 0 saturated carbocycles. The third kappa shape index (κ3) is 2.84. The van der Waals surface area contributed by atoms with Crippen LogP contribution in [0.2, 0.25) is 0 Å². The Balaban J connectivity index is 2.64. The first-order chi connectivity index (χ1) is 9.84. The Morgan fingerprint density at radius 2 is 1.50 bits per heavy atom.